The van der Waals surface area contributed by atoms with Crippen LogP contribution in [0, 0.1) is 52.9 Å². The zero-order valence-corrected chi connectivity index (χ0v) is 34.6. The first-order valence-electron chi connectivity index (χ1n) is 20.7. The minimum absolute atomic E-state index is 0.0244. The van der Waals surface area contributed by atoms with Gasteiger partial charge >= 0.3 is 0 Å². The third-order valence-corrected chi connectivity index (χ3v) is 12.8. The van der Waals surface area contributed by atoms with Crippen molar-refractivity contribution in [2.45, 2.75) is 41.5 Å². The van der Waals surface area contributed by atoms with Gasteiger partial charge in [-0.05, 0) is 121 Å². The number of nitrogens with zero attached hydrogens (tertiary/aromatic N) is 2. The molecule has 2 nitrogen and oxygen atoms in total. The average Bonchev–Trinajstić information content (AvgIpc) is 3.24. The predicted octanol–water partition coefficient (Wildman–Crippen LogP) is 9.54. The number of benzene rings is 8. The van der Waals surface area contributed by atoms with E-state index in [0.29, 0.717) is 5.56 Å². The Balaban J connectivity index is 1.36. The van der Waals surface area contributed by atoms with Gasteiger partial charge in [0.2, 0.25) is 13.4 Å². The maximum atomic E-state index is 9.78. The van der Waals surface area contributed by atoms with Gasteiger partial charge in [0, 0.05) is 17.1 Å². The second kappa shape index (κ2) is 14.2. The quantitative estimate of drug-likeness (QED) is 0.164. The summed E-state index contributed by atoms with van der Waals surface area (Å²) in [6, 6.07) is 60.7. The van der Waals surface area contributed by atoms with Gasteiger partial charge in [-0.15, -0.1) is 0 Å². The van der Waals surface area contributed by atoms with E-state index in [1.54, 1.807) is 0 Å². The Labute approximate surface area is 349 Å². The van der Waals surface area contributed by atoms with Crippen molar-refractivity contribution >= 4 is 63.3 Å². The highest BCUT2D eigenvalue weighted by Gasteiger charge is 2.45. The van der Waals surface area contributed by atoms with Gasteiger partial charge in [-0.25, -0.2) is 0 Å². The van der Waals surface area contributed by atoms with E-state index >= 15 is 0 Å². The highest BCUT2D eigenvalue weighted by Crippen LogP contribution is 2.41. The molecule has 0 N–H and O–H groups in total. The van der Waals surface area contributed by atoms with E-state index < -0.39 is 0 Å². The van der Waals surface area contributed by atoms with Gasteiger partial charge in [-0.3, -0.25) is 0 Å². The lowest BCUT2D eigenvalue weighted by atomic mass is 9.29. The van der Waals surface area contributed by atoms with Crippen LogP contribution in [0.15, 0.2) is 158 Å². The lowest BCUT2D eigenvalue weighted by molar-refractivity contribution is 1.29. The van der Waals surface area contributed by atoms with Crippen molar-refractivity contribution in [2.75, 3.05) is 4.90 Å². The maximum Gasteiger partial charge on any atom is 0.247 e. The molecule has 10 rings (SSSR count). The molecule has 0 spiro atoms. The van der Waals surface area contributed by atoms with Gasteiger partial charge in [-0.2, -0.15) is 5.26 Å². The topological polar surface area (TPSA) is 27.0 Å². The molecular formula is C55H44B2N2. The van der Waals surface area contributed by atoms with Crippen LogP contribution in [0.4, 0.5) is 17.1 Å². The van der Waals surface area contributed by atoms with E-state index in [1.165, 1.54) is 105 Å². The summed E-state index contributed by atoms with van der Waals surface area (Å²) in [4.78, 5) is 2.59. The zero-order chi connectivity index (χ0) is 40.5. The molecule has 0 aromatic heterocycles. The van der Waals surface area contributed by atoms with Gasteiger partial charge in [0.05, 0.1) is 11.6 Å². The Bertz CT molecular complexity index is 2800. The van der Waals surface area contributed by atoms with E-state index in [-0.39, 0.29) is 13.4 Å². The molecular weight excluding hydrogens is 710 g/mol. The minimum atomic E-state index is -0.0244. The Morgan fingerprint density at radius 2 is 0.763 bits per heavy atom. The molecule has 280 valence electrons. The van der Waals surface area contributed by atoms with Crippen LogP contribution in [0.3, 0.4) is 0 Å². The van der Waals surface area contributed by atoms with Crippen LogP contribution in [-0.2, 0) is 0 Å². The third-order valence-electron chi connectivity index (χ3n) is 12.8. The van der Waals surface area contributed by atoms with E-state index in [0.717, 1.165) is 11.1 Å². The summed E-state index contributed by atoms with van der Waals surface area (Å²) in [5.41, 5.74) is 27.2. The molecule has 2 heterocycles. The van der Waals surface area contributed by atoms with Crippen LogP contribution in [0.2, 0.25) is 0 Å². The molecule has 2 aliphatic rings. The fourth-order valence-corrected chi connectivity index (χ4v) is 10.5. The molecule has 0 fully saturated rings. The molecule has 0 radical (unpaired) electrons. The summed E-state index contributed by atoms with van der Waals surface area (Å²) < 4.78 is 0. The van der Waals surface area contributed by atoms with Gasteiger partial charge in [0.25, 0.3) is 0 Å². The van der Waals surface area contributed by atoms with Crippen molar-refractivity contribution in [1.29, 1.82) is 5.26 Å². The minimum Gasteiger partial charge on any atom is -0.313 e. The first-order valence-corrected chi connectivity index (χ1v) is 20.7. The van der Waals surface area contributed by atoms with Gasteiger partial charge in [-0.1, -0.05) is 178 Å². The van der Waals surface area contributed by atoms with E-state index in [9.17, 15) is 5.26 Å². The first kappa shape index (κ1) is 36.5. The van der Waals surface area contributed by atoms with Gasteiger partial charge in [0.1, 0.15) is 0 Å². The van der Waals surface area contributed by atoms with E-state index in [2.05, 4.69) is 198 Å². The highest BCUT2D eigenvalue weighted by atomic mass is 15.2. The molecule has 4 heteroatoms. The number of anilines is 3. The van der Waals surface area contributed by atoms with Gasteiger partial charge < -0.3 is 4.90 Å². The summed E-state index contributed by atoms with van der Waals surface area (Å²) in [5.74, 6) is 0. The first-order chi connectivity index (χ1) is 28.7. The third kappa shape index (κ3) is 6.04. The number of hydrogen-bond donors (Lipinski definition) is 0. The summed E-state index contributed by atoms with van der Waals surface area (Å²) in [5, 5.41) is 9.78. The van der Waals surface area contributed by atoms with E-state index in [4.69, 9.17) is 0 Å². The Morgan fingerprint density at radius 3 is 1.17 bits per heavy atom. The standard InChI is InChI=1S/C55H44B2N2/c1-34-25-36(3)53(37(4)26-34)56-47-29-44(41-13-9-7-10-14-41)21-23-51(47)59-52-24-22-45(42-15-11-8-12-16-42)30-48(52)57(54-38(5)27-35(2)28-39(54)6)50-32-46(31-49(56)55(50)59)43-19-17-40(33-58)18-20-43/h7-32H,1-6H3. The largest absolute Gasteiger partial charge is 0.313 e. The van der Waals surface area contributed by atoms with Crippen LogP contribution in [0.1, 0.15) is 38.9 Å². The summed E-state index contributed by atoms with van der Waals surface area (Å²) in [7, 11) is 0. The second-order valence-electron chi connectivity index (χ2n) is 16.8. The molecule has 0 saturated carbocycles. The highest BCUT2D eigenvalue weighted by molar-refractivity contribution is 7.02. The Morgan fingerprint density at radius 1 is 0.390 bits per heavy atom. The number of aryl methyl sites for hydroxylation is 6. The molecule has 0 amide bonds. The van der Waals surface area contributed by atoms with Crippen LogP contribution < -0.4 is 37.7 Å². The number of fused-ring (bicyclic) bond motifs is 4. The van der Waals surface area contributed by atoms with Crippen molar-refractivity contribution in [2.24, 2.45) is 0 Å². The molecule has 0 atom stereocenters. The van der Waals surface area contributed by atoms with Crippen molar-refractivity contribution < 1.29 is 0 Å². The van der Waals surface area contributed by atoms with Crippen LogP contribution in [-0.4, -0.2) is 13.4 Å². The monoisotopic (exact) mass is 754 g/mol. The van der Waals surface area contributed by atoms with Crippen molar-refractivity contribution in [3.05, 3.63) is 197 Å². The van der Waals surface area contributed by atoms with Crippen LogP contribution in [0.25, 0.3) is 33.4 Å². The fourth-order valence-electron chi connectivity index (χ4n) is 10.5. The number of rotatable bonds is 5. The molecule has 2 aliphatic heterocycles. The maximum absolute atomic E-state index is 9.78. The Hall–Kier alpha value is -6.82. The van der Waals surface area contributed by atoms with E-state index in [1.807, 2.05) is 12.1 Å². The number of nitriles is 1. The Kier molecular flexibility index (Phi) is 8.80. The SMILES string of the molecule is Cc1cc(C)c(B2c3cc(-c4ccccc4)ccc3N3c4ccc(-c5ccccc5)cc4B(c4c(C)cc(C)cc4C)c4cc(-c5ccc(C#N)cc5)cc2c43)c(C)c1. The summed E-state index contributed by atoms with van der Waals surface area (Å²) in [6.07, 6.45) is 0. The number of hydrogen-bond acceptors (Lipinski definition) is 2. The van der Waals surface area contributed by atoms with Gasteiger partial charge in [0.15, 0.2) is 0 Å². The fraction of sp³-hybridized carbons (Fsp3) is 0.109. The molecule has 0 saturated heterocycles. The molecule has 8 aromatic rings. The summed E-state index contributed by atoms with van der Waals surface area (Å²) in [6.45, 7) is 13.5. The smallest absolute Gasteiger partial charge is 0.247 e. The molecule has 0 bridgehead atoms. The normalized spacial score (nSPS) is 12.5. The molecule has 8 aromatic carbocycles. The predicted molar refractivity (Wildman–Crippen MR) is 253 cm³/mol. The second-order valence-corrected chi connectivity index (χ2v) is 16.8. The molecule has 0 aliphatic carbocycles. The van der Waals surface area contributed by atoms with Crippen LogP contribution in [0.5, 0.6) is 0 Å². The lowest BCUT2D eigenvalue weighted by Crippen LogP contribution is -2.66. The zero-order valence-electron chi connectivity index (χ0n) is 34.6. The summed E-state index contributed by atoms with van der Waals surface area (Å²) >= 11 is 0. The van der Waals surface area contributed by atoms with Crippen molar-refractivity contribution in [3.63, 3.8) is 0 Å². The average molecular weight is 755 g/mol. The van der Waals surface area contributed by atoms with Crippen LogP contribution >= 0.6 is 0 Å². The van der Waals surface area contributed by atoms with Crippen molar-refractivity contribution in [3.8, 4) is 39.4 Å². The lowest BCUT2D eigenvalue weighted by Gasteiger charge is -2.45. The van der Waals surface area contributed by atoms with Crippen molar-refractivity contribution in [1.82, 2.24) is 0 Å². The molecule has 59 heavy (non-hydrogen) atoms. The molecule has 0 unspecified atom stereocenters.